The molecule has 0 aliphatic carbocycles. The summed E-state index contributed by atoms with van der Waals surface area (Å²) in [4.78, 5) is 17.6. The van der Waals surface area contributed by atoms with Crippen LogP contribution in [-0.2, 0) is 6.54 Å². The maximum Gasteiger partial charge on any atom is 0.348 e. The van der Waals surface area contributed by atoms with E-state index in [-0.39, 0.29) is 5.69 Å². The molecule has 1 aromatic carbocycles. The Hall–Kier alpha value is -1.07. The largest absolute Gasteiger partial charge is 0.348 e. The van der Waals surface area contributed by atoms with Crippen molar-refractivity contribution in [1.82, 2.24) is 9.55 Å². The molecule has 0 fully saturated rings. The number of aromatic nitrogens is 2. The van der Waals surface area contributed by atoms with Crippen molar-refractivity contribution in [1.29, 1.82) is 0 Å². The number of aryl methyl sites for hydroxylation is 1. The van der Waals surface area contributed by atoms with Crippen LogP contribution in [0, 0.1) is 13.8 Å². The third kappa shape index (κ3) is 2.33. The fourth-order valence-corrected chi connectivity index (χ4v) is 4.14. The van der Waals surface area contributed by atoms with Crippen molar-refractivity contribution in [3.63, 3.8) is 0 Å². The topological polar surface area (TPSA) is 34.9 Å². The van der Waals surface area contributed by atoms with Crippen LogP contribution >= 0.6 is 27.7 Å². The van der Waals surface area contributed by atoms with E-state index in [1.807, 2.05) is 25.6 Å². The number of nitrogens with zero attached hydrogens (tertiary/aromatic N) is 2. The van der Waals surface area contributed by atoms with Crippen LogP contribution in [0.2, 0.25) is 0 Å². The molecule has 2 heterocycles. The van der Waals surface area contributed by atoms with Crippen molar-refractivity contribution in [3.8, 4) is 0 Å². The second-order valence-electron chi connectivity index (χ2n) is 5.04. The second kappa shape index (κ2) is 5.37. The molecule has 1 aliphatic rings. The van der Waals surface area contributed by atoms with Crippen molar-refractivity contribution < 1.29 is 0 Å². The van der Waals surface area contributed by atoms with E-state index < -0.39 is 0 Å². The summed E-state index contributed by atoms with van der Waals surface area (Å²) in [6, 6.07) is 8.45. The fraction of sp³-hybridized carbons (Fsp3) is 0.333. The molecular weight excluding hydrogens is 336 g/mol. The van der Waals surface area contributed by atoms with Gasteiger partial charge in [0.2, 0.25) is 0 Å². The van der Waals surface area contributed by atoms with Crippen molar-refractivity contribution in [2.75, 3.05) is 5.75 Å². The standard InChI is InChI=1S/C15H15BrN2OS/c1-9-14(16)10(2)18(15(19)17-9)7-11-8-20-13-6-4-3-5-12(11)13/h3-6,11H,7-8H2,1-2H3. The molecule has 5 heteroatoms. The Morgan fingerprint density at radius 3 is 2.95 bits per heavy atom. The van der Waals surface area contributed by atoms with Crippen molar-refractivity contribution in [2.45, 2.75) is 31.2 Å². The average molecular weight is 351 g/mol. The minimum Gasteiger partial charge on any atom is -0.295 e. The van der Waals surface area contributed by atoms with Crippen LogP contribution in [0.25, 0.3) is 0 Å². The van der Waals surface area contributed by atoms with Crippen LogP contribution in [-0.4, -0.2) is 15.3 Å². The van der Waals surface area contributed by atoms with E-state index >= 15 is 0 Å². The highest BCUT2D eigenvalue weighted by molar-refractivity contribution is 9.10. The summed E-state index contributed by atoms with van der Waals surface area (Å²) < 4.78 is 2.71. The summed E-state index contributed by atoms with van der Waals surface area (Å²) in [7, 11) is 0. The monoisotopic (exact) mass is 350 g/mol. The fourth-order valence-electron chi connectivity index (χ4n) is 2.59. The molecule has 0 saturated carbocycles. The van der Waals surface area contributed by atoms with E-state index in [9.17, 15) is 4.79 Å². The number of rotatable bonds is 2. The summed E-state index contributed by atoms with van der Waals surface area (Å²) in [6.45, 7) is 4.51. The smallest absolute Gasteiger partial charge is 0.295 e. The van der Waals surface area contributed by atoms with E-state index in [2.05, 4.69) is 45.2 Å². The maximum absolute atomic E-state index is 12.1. The lowest BCUT2D eigenvalue weighted by atomic mass is 10.0. The van der Waals surface area contributed by atoms with Gasteiger partial charge in [0.1, 0.15) is 0 Å². The predicted molar refractivity (Wildman–Crippen MR) is 85.6 cm³/mol. The number of fused-ring (bicyclic) bond motifs is 1. The lowest BCUT2D eigenvalue weighted by molar-refractivity contribution is 0.558. The summed E-state index contributed by atoms with van der Waals surface area (Å²) in [6.07, 6.45) is 0. The molecule has 104 valence electrons. The molecule has 0 spiro atoms. The van der Waals surface area contributed by atoms with Gasteiger partial charge < -0.3 is 0 Å². The van der Waals surface area contributed by atoms with Gasteiger partial charge in [-0.2, -0.15) is 4.98 Å². The van der Waals surface area contributed by atoms with Gasteiger partial charge in [0, 0.05) is 28.8 Å². The highest BCUT2D eigenvalue weighted by Gasteiger charge is 2.24. The molecule has 0 amide bonds. The molecule has 3 nitrogen and oxygen atoms in total. The van der Waals surface area contributed by atoms with Gasteiger partial charge in [0.25, 0.3) is 0 Å². The first kappa shape index (κ1) is 13.9. The molecule has 3 rings (SSSR count). The molecule has 0 saturated heterocycles. The van der Waals surface area contributed by atoms with E-state index in [1.165, 1.54) is 10.5 Å². The van der Waals surface area contributed by atoms with E-state index in [1.54, 1.807) is 4.57 Å². The number of hydrogen-bond donors (Lipinski definition) is 0. The quantitative estimate of drug-likeness (QED) is 0.831. The highest BCUT2D eigenvalue weighted by Crippen LogP contribution is 2.40. The summed E-state index contributed by atoms with van der Waals surface area (Å²) in [5.74, 6) is 1.40. The molecule has 1 unspecified atom stereocenters. The van der Waals surface area contributed by atoms with E-state index in [0.29, 0.717) is 12.5 Å². The maximum atomic E-state index is 12.1. The lowest BCUT2D eigenvalue weighted by Crippen LogP contribution is -2.28. The first-order valence-corrected chi connectivity index (χ1v) is 8.31. The molecule has 1 atom stereocenters. The molecule has 2 aromatic rings. The Kier molecular flexibility index (Phi) is 3.73. The number of thioether (sulfide) groups is 1. The third-order valence-electron chi connectivity index (χ3n) is 3.74. The van der Waals surface area contributed by atoms with Gasteiger partial charge in [-0.05, 0) is 41.4 Å². The molecule has 0 bridgehead atoms. The Bertz CT molecular complexity index is 726. The first-order chi connectivity index (χ1) is 9.58. The van der Waals surface area contributed by atoms with Gasteiger partial charge in [-0.3, -0.25) is 4.57 Å². The van der Waals surface area contributed by atoms with Crippen LogP contribution in [0.5, 0.6) is 0 Å². The lowest BCUT2D eigenvalue weighted by Gasteiger charge is -2.16. The zero-order valence-electron chi connectivity index (χ0n) is 11.4. The van der Waals surface area contributed by atoms with Gasteiger partial charge in [-0.1, -0.05) is 18.2 Å². The Balaban J connectivity index is 1.98. The van der Waals surface area contributed by atoms with Crippen molar-refractivity contribution >= 4 is 27.7 Å². The van der Waals surface area contributed by atoms with E-state index in [4.69, 9.17) is 0 Å². The second-order valence-corrected chi connectivity index (χ2v) is 6.89. The van der Waals surface area contributed by atoms with Gasteiger partial charge in [0.05, 0.1) is 10.2 Å². The minimum atomic E-state index is -0.155. The molecule has 1 aromatic heterocycles. The van der Waals surface area contributed by atoms with Gasteiger partial charge in [-0.25, -0.2) is 4.79 Å². The highest BCUT2D eigenvalue weighted by atomic mass is 79.9. The number of halogens is 1. The summed E-state index contributed by atoms with van der Waals surface area (Å²) in [5, 5.41) is 0. The van der Waals surface area contributed by atoms with Crippen LogP contribution in [0.15, 0.2) is 38.4 Å². The molecule has 20 heavy (non-hydrogen) atoms. The third-order valence-corrected chi connectivity index (χ3v) is 6.14. The van der Waals surface area contributed by atoms with Crippen LogP contribution in [0.1, 0.15) is 22.9 Å². The van der Waals surface area contributed by atoms with Crippen LogP contribution in [0.4, 0.5) is 0 Å². The normalized spacial score (nSPS) is 17.2. The first-order valence-electron chi connectivity index (χ1n) is 6.53. The van der Waals surface area contributed by atoms with Gasteiger partial charge >= 0.3 is 5.69 Å². The van der Waals surface area contributed by atoms with Crippen molar-refractivity contribution in [2.24, 2.45) is 0 Å². The van der Waals surface area contributed by atoms with E-state index in [0.717, 1.165) is 21.6 Å². The van der Waals surface area contributed by atoms with Gasteiger partial charge in [0.15, 0.2) is 0 Å². The summed E-state index contributed by atoms with van der Waals surface area (Å²) in [5.41, 5.74) is 2.90. The zero-order chi connectivity index (χ0) is 14.3. The average Bonchev–Trinajstić information content (AvgIpc) is 2.84. The number of benzene rings is 1. The molecule has 0 N–H and O–H groups in total. The molecule has 1 aliphatic heterocycles. The Morgan fingerprint density at radius 1 is 1.40 bits per heavy atom. The molecular formula is C15H15BrN2OS. The Labute approximate surface area is 130 Å². The Morgan fingerprint density at radius 2 is 2.15 bits per heavy atom. The molecule has 0 radical (unpaired) electrons. The van der Waals surface area contributed by atoms with Crippen molar-refractivity contribution in [3.05, 3.63) is 56.2 Å². The SMILES string of the molecule is Cc1nc(=O)n(CC2CSc3ccccc32)c(C)c1Br. The number of hydrogen-bond acceptors (Lipinski definition) is 3. The van der Waals surface area contributed by atoms with Gasteiger partial charge in [-0.15, -0.1) is 11.8 Å². The predicted octanol–water partition coefficient (Wildman–Crippen LogP) is 3.51. The van der Waals surface area contributed by atoms with Crippen LogP contribution in [0.3, 0.4) is 0 Å². The summed E-state index contributed by atoms with van der Waals surface area (Å²) >= 11 is 5.38. The zero-order valence-corrected chi connectivity index (χ0v) is 13.8. The minimum absolute atomic E-state index is 0.155. The van der Waals surface area contributed by atoms with Crippen LogP contribution < -0.4 is 5.69 Å².